The first-order valence-corrected chi connectivity index (χ1v) is 6.59. The number of guanidine groups is 1. The summed E-state index contributed by atoms with van der Waals surface area (Å²) in [6, 6.07) is 0. The molecule has 0 radical (unpaired) electrons. The monoisotopic (exact) mass is 410 g/mol. The number of nitrogens with zero attached hydrogens (tertiary/aromatic N) is 2. The van der Waals surface area contributed by atoms with Crippen molar-refractivity contribution in [3.8, 4) is 0 Å². The van der Waals surface area contributed by atoms with Gasteiger partial charge in [-0.15, -0.1) is 24.0 Å². The Morgan fingerprint density at radius 1 is 1.15 bits per heavy atom. The molecule has 8 heteroatoms. The van der Waals surface area contributed by atoms with Crippen LogP contribution in [-0.4, -0.2) is 57.3 Å². The molecule has 0 bridgehead atoms. The van der Waals surface area contributed by atoms with E-state index in [4.69, 9.17) is 0 Å². The quantitative estimate of drug-likeness (QED) is 0.367. The molecule has 0 rings (SSSR count). The number of rotatable bonds is 8. The van der Waals surface area contributed by atoms with Gasteiger partial charge in [-0.25, -0.2) is 0 Å². The number of hydrogen-bond donors (Lipinski definition) is 2. The molecule has 4 nitrogen and oxygen atoms in total. The van der Waals surface area contributed by atoms with Gasteiger partial charge in [0.1, 0.15) is 0 Å². The van der Waals surface area contributed by atoms with Gasteiger partial charge in [0.15, 0.2) is 5.96 Å². The molecule has 0 amide bonds. The minimum absolute atomic E-state index is 0. The zero-order valence-electron chi connectivity index (χ0n) is 12.4. The van der Waals surface area contributed by atoms with Gasteiger partial charge in [0.05, 0.1) is 6.42 Å². The molecule has 0 aromatic rings. The van der Waals surface area contributed by atoms with E-state index in [0.29, 0.717) is 12.5 Å². The van der Waals surface area contributed by atoms with Crippen molar-refractivity contribution in [2.75, 3.05) is 40.3 Å². The van der Waals surface area contributed by atoms with Gasteiger partial charge >= 0.3 is 6.18 Å². The van der Waals surface area contributed by atoms with Gasteiger partial charge in [-0.1, -0.05) is 13.3 Å². The van der Waals surface area contributed by atoms with E-state index in [1.165, 1.54) is 0 Å². The minimum Gasteiger partial charge on any atom is -0.356 e. The summed E-state index contributed by atoms with van der Waals surface area (Å²) in [4.78, 5) is 6.06. The molecule has 0 aliphatic rings. The largest absolute Gasteiger partial charge is 0.390 e. The lowest BCUT2D eigenvalue weighted by atomic mass is 10.3. The fraction of sp³-hybridized carbons (Fsp3) is 0.917. The van der Waals surface area contributed by atoms with E-state index in [1.807, 2.05) is 7.05 Å². The second-order valence-electron chi connectivity index (χ2n) is 4.45. The number of hydrogen-bond acceptors (Lipinski definition) is 2. The fourth-order valence-electron chi connectivity index (χ4n) is 1.45. The predicted molar refractivity (Wildman–Crippen MR) is 87.9 cm³/mol. The van der Waals surface area contributed by atoms with Crippen LogP contribution in [0.25, 0.3) is 0 Å². The second-order valence-corrected chi connectivity index (χ2v) is 4.45. The van der Waals surface area contributed by atoms with Crippen molar-refractivity contribution in [1.29, 1.82) is 0 Å². The average Bonchev–Trinajstić information content (AvgIpc) is 2.33. The van der Waals surface area contributed by atoms with E-state index in [9.17, 15) is 13.2 Å². The highest BCUT2D eigenvalue weighted by atomic mass is 127. The fourth-order valence-corrected chi connectivity index (χ4v) is 1.45. The smallest absolute Gasteiger partial charge is 0.356 e. The van der Waals surface area contributed by atoms with Crippen LogP contribution in [0.2, 0.25) is 0 Å². The molecule has 0 fully saturated rings. The molecule has 2 N–H and O–H groups in total. The van der Waals surface area contributed by atoms with E-state index < -0.39 is 12.6 Å². The van der Waals surface area contributed by atoms with Gasteiger partial charge in [0.2, 0.25) is 0 Å². The van der Waals surface area contributed by atoms with Crippen molar-refractivity contribution < 1.29 is 13.2 Å². The summed E-state index contributed by atoms with van der Waals surface area (Å²) in [6.45, 7) is 4.50. The van der Waals surface area contributed by atoms with Crippen molar-refractivity contribution in [2.45, 2.75) is 32.4 Å². The maximum absolute atomic E-state index is 12.0. The molecular formula is C12H26F3IN4. The van der Waals surface area contributed by atoms with Crippen LogP contribution in [0.5, 0.6) is 0 Å². The molecule has 0 unspecified atom stereocenters. The van der Waals surface area contributed by atoms with Crippen molar-refractivity contribution in [2.24, 2.45) is 4.99 Å². The van der Waals surface area contributed by atoms with Gasteiger partial charge < -0.3 is 15.5 Å². The Hall–Kier alpha value is -0.250. The SMILES string of the molecule is CCCCN(C)CCNC(=NC)NCCC(F)(F)F.I. The Morgan fingerprint density at radius 3 is 2.25 bits per heavy atom. The van der Waals surface area contributed by atoms with Crippen LogP contribution in [0, 0.1) is 0 Å². The predicted octanol–water partition coefficient (Wildman–Crippen LogP) is 2.45. The van der Waals surface area contributed by atoms with Gasteiger partial charge in [-0.3, -0.25) is 4.99 Å². The maximum Gasteiger partial charge on any atom is 0.390 e. The number of nitrogens with one attached hydrogen (secondary N) is 2. The standard InChI is InChI=1S/C12H25F3N4.HI/c1-4-5-9-19(3)10-8-18-11(16-2)17-7-6-12(13,14)15;/h4-10H2,1-3H3,(H2,16,17,18);1H. The average molecular weight is 410 g/mol. The lowest BCUT2D eigenvalue weighted by Gasteiger charge is -2.18. The Balaban J connectivity index is 0. The van der Waals surface area contributed by atoms with Crippen molar-refractivity contribution in [3.05, 3.63) is 0 Å². The summed E-state index contributed by atoms with van der Waals surface area (Å²) in [6.07, 6.45) is -2.69. The van der Waals surface area contributed by atoms with Gasteiger partial charge in [0, 0.05) is 26.7 Å². The summed E-state index contributed by atoms with van der Waals surface area (Å²) in [5.41, 5.74) is 0. The Labute approximate surface area is 136 Å². The first-order valence-electron chi connectivity index (χ1n) is 6.59. The van der Waals surface area contributed by atoms with Gasteiger partial charge in [0.25, 0.3) is 0 Å². The highest BCUT2D eigenvalue weighted by molar-refractivity contribution is 14.0. The molecular weight excluding hydrogens is 384 g/mol. The summed E-state index contributed by atoms with van der Waals surface area (Å²) in [7, 11) is 3.57. The number of aliphatic imine (C=N–C) groups is 1. The Kier molecular flexibility index (Phi) is 13.8. The van der Waals surface area contributed by atoms with Gasteiger partial charge in [-0.2, -0.15) is 13.2 Å². The second kappa shape index (κ2) is 12.5. The molecule has 0 aromatic heterocycles. The van der Waals surface area contributed by atoms with E-state index in [0.717, 1.165) is 25.9 Å². The number of likely N-dealkylation sites (N-methyl/N-ethyl adjacent to an activating group) is 1. The third kappa shape index (κ3) is 14.2. The normalized spacial score (nSPS) is 12.2. The van der Waals surface area contributed by atoms with Crippen molar-refractivity contribution >= 4 is 29.9 Å². The zero-order chi connectivity index (χ0) is 14.7. The van der Waals surface area contributed by atoms with Crippen molar-refractivity contribution in [3.63, 3.8) is 0 Å². The number of alkyl halides is 3. The summed E-state index contributed by atoms with van der Waals surface area (Å²) < 4.78 is 35.9. The van der Waals surface area contributed by atoms with E-state index >= 15 is 0 Å². The molecule has 0 heterocycles. The molecule has 0 atom stereocenters. The van der Waals surface area contributed by atoms with Crippen LogP contribution in [0.4, 0.5) is 13.2 Å². The molecule has 0 saturated carbocycles. The van der Waals surface area contributed by atoms with E-state index in [1.54, 1.807) is 7.05 Å². The first kappa shape index (κ1) is 22.0. The van der Waals surface area contributed by atoms with Gasteiger partial charge in [-0.05, 0) is 20.0 Å². The van der Waals surface area contributed by atoms with Crippen LogP contribution < -0.4 is 10.6 Å². The third-order valence-electron chi connectivity index (χ3n) is 2.60. The molecule has 0 aliphatic carbocycles. The zero-order valence-corrected chi connectivity index (χ0v) is 14.7. The third-order valence-corrected chi connectivity index (χ3v) is 2.60. The lowest BCUT2D eigenvalue weighted by Crippen LogP contribution is -2.42. The van der Waals surface area contributed by atoms with Crippen LogP contribution in [0.3, 0.4) is 0 Å². The van der Waals surface area contributed by atoms with Crippen LogP contribution in [0.1, 0.15) is 26.2 Å². The van der Waals surface area contributed by atoms with E-state index in [-0.39, 0.29) is 30.5 Å². The highest BCUT2D eigenvalue weighted by Crippen LogP contribution is 2.17. The summed E-state index contributed by atoms with van der Waals surface area (Å²) in [5.74, 6) is 0.410. The molecule has 0 aromatic carbocycles. The number of unbranched alkanes of at least 4 members (excludes halogenated alkanes) is 1. The Morgan fingerprint density at radius 2 is 1.75 bits per heavy atom. The maximum atomic E-state index is 12.0. The van der Waals surface area contributed by atoms with E-state index in [2.05, 4.69) is 27.4 Å². The van der Waals surface area contributed by atoms with Crippen LogP contribution >= 0.6 is 24.0 Å². The minimum atomic E-state index is -4.13. The topological polar surface area (TPSA) is 39.7 Å². The Bertz CT molecular complexity index is 260. The summed E-state index contributed by atoms with van der Waals surface area (Å²) >= 11 is 0. The molecule has 0 spiro atoms. The van der Waals surface area contributed by atoms with Crippen molar-refractivity contribution in [1.82, 2.24) is 15.5 Å². The first-order chi connectivity index (χ1) is 8.89. The molecule has 0 aliphatic heterocycles. The molecule has 0 saturated heterocycles. The van der Waals surface area contributed by atoms with Crippen LogP contribution in [0.15, 0.2) is 4.99 Å². The number of halogens is 4. The van der Waals surface area contributed by atoms with Crippen LogP contribution in [-0.2, 0) is 0 Å². The lowest BCUT2D eigenvalue weighted by molar-refractivity contribution is -0.132. The highest BCUT2D eigenvalue weighted by Gasteiger charge is 2.26. The summed E-state index contributed by atoms with van der Waals surface area (Å²) in [5, 5.41) is 5.64. The molecule has 122 valence electrons. The molecule has 20 heavy (non-hydrogen) atoms.